The van der Waals surface area contributed by atoms with Gasteiger partial charge in [-0.25, -0.2) is 4.79 Å². The van der Waals surface area contributed by atoms with Gasteiger partial charge in [-0.2, -0.15) is 0 Å². The zero-order valence-electron chi connectivity index (χ0n) is 10.1. The van der Waals surface area contributed by atoms with E-state index in [0.717, 1.165) is 18.5 Å². The van der Waals surface area contributed by atoms with Crippen molar-refractivity contribution in [2.45, 2.75) is 32.2 Å². The van der Waals surface area contributed by atoms with Gasteiger partial charge in [0.15, 0.2) is 0 Å². The number of urea groups is 1. The second-order valence-corrected chi connectivity index (χ2v) is 4.41. The molecule has 0 radical (unpaired) electrons. The van der Waals surface area contributed by atoms with E-state index in [9.17, 15) is 4.79 Å². The molecule has 1 aliphatic carbocycles. The topological polar surface area (TPSA) is 58.4 Å². The molecular weight excluding hydrogens is 214 g/mol. The largest absolute Gasteiger partial charge is 0.399 e. The Hall–Kier alpha value is -1.71. The van der Waals surface area contributed by atoms with Crippen LogP contribution in [0.1, 0.15) is 26.2 Å². The molecule has 4 nitrogen and oxygen atoms in total. The van der Waals surface area contributed by atoms with Crippen LogP contribution in [0, 0.1) is 0 Å². The number of carbonyl (C=O) groups is 1. The van der Waals surface area contributed by atoms with E-state index in [0.29, 0.717) is 18.3 Å². The Morgan fingerprint density at radius 2 is 2.06 bits per heavy atom. The van der Waals surface area contributed by atoms with E-state index in [2.05, 4.69) is 5.32 Å². The molecule has 0 bridgehead atoms. The van der Waals surface area contributed by atoms with Crippen molar-refractivity contribution in [2.75, 3.05) is 17.2 Å². The number of rotatable bonds is 3. The highest BCUT2D eigenvalue weighted by atomic mass is 16.2. The molecule has 0 atom stereocenters. The molecule has 2 amide bonds. The van der Waals surface area contributed by atoms with Crippen molar-refractivity contribution >= 4 is 17.4 Å². The average Bonchev–Trinajstić information content (AvgIpc) is 2.27. The molecule has 0 unspecified atom stereocenters. The molecular formula is C13H19N3O. The van der Waals surface area contributed by atoms with Crippen molar-refractivity contribution in [3.8, 4) is 0 Å². The van der Waals surface area contributed by atoms with Gasteiger partial charge in [-0.1, -0.05) is 0 Å². The predicted octanol–water partition coefficient (Wildman–Crippen LogP) is 2.36. The van der Waals surface area contributed by atoms with E-state index < -0.39 is 0 Å². The highest BCUT2D eigenvalue weighted by Crippen LogP contribution is 2.20. The second kappa shape index (κ2) is 5.08. The summed E-state index contributed by atoms with van der Waals surface area (Å²) in [6.07, 6.45) is 3.43. The summed E-state index contributed by atoms with van der Waals surface area (Å²) in [6, 6.07) is 7.73. The molecule has 2 rings (SSSR count). The zero-order chi connectivity index (χ0) is 12.3. The number of nitrogens with one attached hydrogen (secondary N) is 1. The van der Waals surface area contributed by atoms with Gasteiger partial charge in [-0.3, -0.25) is 4.90 Å². The molecule has 0 aromatic heterocycles. The number of nitrogens with two attached hydrogens (primary N) is 1. The van der Waals surface area contributed by atoms with Gasteiger partial charge >= 0.3 is 6.03 Å². The van der Waals surface area contributed by atoms with Crippen LogP contribution in [0.2, 0.25) is 0 Å². The van der Waals surface area contributed by atoms with E-state index in [1.807, 2.05) is 31.2 Å². The first-order valence-corrected chi connectivity index (χ1v) is 6.14. The highest BCUT2D eigenvalue weighted by Gasteiger charge is 2.22. The van der Waals surface area contributed by atoms with Crippen LogP contribution in [-0.4, -0.2) is 18.6 Å². The van der Waals surface area contributed by atoms with E-state index >= 15 is 0 Å². The van der Waals surface area contributed by atoms with E-state index in [1.54, 1.807) is 4.90 Å². The number of hydrogen-bond donors (Lipinski definition) is 2. The van der Waals surface area contributed by atoms with Crippen LogP contribution in [0.25, 0.3) is 0 Å². The number of nitrogens with zero attached hydrogens (tertiary/aromatic N) is 1. The van der Waals surface area contributed by atoms with Gasteiger partial charge in [0.1, 0.15) is 0 Å². The lowest BCUT2D eigenvalue weighted by atomic mass is 9.93. The fourth-order valence-electron chi connectivity index (χ4n) is 1.90. The van der Waals surface area contributed by atoms with Crippen molar-refractivity contribution in [1.82, 2.24) is 5.32 Å². The second-order valence-electron chi connectivity index (χ2n) is 4.41. The standard InChI is InChI=1S/C13H19N3O/c1-2-16(12-8-6-10(14)7-9-12)13(17)15-11-4-3-5-11/h6-9,11H,2-5,14H2,1H3,(H,15,17). The smallest absolute Gasteiger partial charge is 0.322 e. The Bertz CT molecular complexity index is 384. The fraction of sp³-hybridized carbons (Fsp3) is 0.462. The SMILES string of the molecule is CCN(C(=O)NC1CCC1)c1ccc(N)cc1. The lowest BCUT2D eigenvalue weighted by molar-refractivity contribution is 0.234. The molecule has 4 heteroatoms. The summed E-state index contributed by atoms with van der Waals surface area (Å²) in [5.41, 5.74) is 7.24. The van der Waals surface area contributed by atoms with Crippen LogP contribution in [0.3, 0.4) is 0 Å². The maximum absolute atomic E-state index is 12.0. The van der Waals surface area contributed by atoms with Crippen LogP contribution in [0.5, 0.6) is 0 Å². The molecule has 1 fully saturated rings. The third-order valence-corrected chi connectivity index (χ3v) is 3.20. The van der Waals surface area contributed by atoms with E-state index in [1.165, 1.54) is 6.42 Å². The Kier molecular flexibility index (Phi) is 3.52. The molecule has 0 aliphatic heterocycles. The van der Waals surface area contributed by atoms with Crippen molar-refractivity contribution in [1.29, 1.82) is 0 Å². The molecule has 17 heavy (non-hydrogen) atoms. The van der Waals surface area contributed by atoms with Crippen LogP contribution >= 0.6 is 0 Å². The molecule has 1 aromatic rings. The highest BCUT2D eigenvalue weighted by molar-refractivity contribution is 5.92. The monoisotopic (exact) mass is 233 g/mol. The Labute approximate surface area is 102 Å². The van der Waals surface area contributed by atoms with Crippen molar-refractivity contribution in [3.05, 3.63) is 24.3 Å². The molecule has 3 N–H and O–H groups in total. The number of benzene rings is 1. The summed E-state index contributed by atoms with van der Waals surface area (Å²) in [6.45, 7) is 2.62. The summed E-state index contributed by atoms with van der Waals surface area (Å²) in [5.74, 6) is 0. The minimum atomic E-state index is -0.0121. The minimum absolute atomic E-state index is 0.0121. The summed E-state index contributed by atoms with van der Waals surface area (Å²) < 4.78 is 0. The Balaban J connectivity index is 2.03. The Morgan fingerprint density at radius 1 is 1.41 bits per heavy atom. The molecule has 0 heterocycles. The summed E-state index contributed by atoms with van der Waals surface area (Å²) >= 11 is 0. The van der Waals surface area contributed by atoms with Crippen LogP contribution < -0.4 is 16.0 Å². The minimum Gasteiger partial charge on any atom is -0.399 e. The number of amides is 2. The summed E-state index contributed by atoms with van der Waals surface area (Å²) in [7, 11) is 0. The fourth-order valence-corrected chi connectivity index (χ4v) is 1.90. The first kappa shape index (κ1) is 11.8. The average molecular weight is 233 g/mol. The molecule has 0 spiro atoms. The number of anilines is 2. The number of carbonyl (C=O) groups excluding carboxylic acids is 1. The Morgan fingerprint density at radius 3 is 2.53 bits per heavy atom. The molecule has 1 aliphatic rings. The molecule has 92 valence electrons. The number of nitrogen functional groups attached to an aromatic ring is 1. The lowest BCUT2D eigenvalue weighted by Gasteiger charge is -2.30. The summed E-state index contributed by atoms with van der Waals surface area (Å²) in [5, 5.41) is 3.04. The maximum Gasteiger partial charge on any atom is 0.322 e. The molecule has 1 saturated carbocycles. The lowest BCUT2D eigenvalue weighted by Crippen LogP contribution is -2.47. The van der Waals surface area contributed by atoms with Gasteiger partial charge in [-0.05, 0) is 50.5 Å². The first-order valence-electron chi connectivity index (χ1n) is 6.14. The maximum atomic E-state index is 12.0. The zero-order valence-corrected chi connectivity index (χ0v) is 10.1. The van der Waals surface area contributed by atoms with Gasteiger partial charge in [0, 0.05) is 24.0 Å². The third kappa shape index (κ3) is 2.70. The van der Waals surface area contributed by atoms with Gasteiger partial charge in [0.05, 0.1) is 0 Å². The van der Waals surface area contributed by atoms with Gasteiger partial charge in [-0.15, -0.1) is 0 Å². The van der Waals surface area contributed by atoms with E-state index in [-0.39, 0.29) is 6.03 Å². The van der Waals surface area contributed by atoms with Crippen LogP contribution in [0.4, 0.5) is 16.2 Å². The van der Waals surface area contributed by atoms with Crippen molar-refractivity contribution in [3.63, 3.8) is 0 Å². The van der Waals surface area contributed by atoms with Crippen molar-refractivity contribution in [2.24, 2.45) is 0 Å². The van der Waals surface area contributed by atoms with Crippen molar-refractivity contribution < 1.29 is 4.79 Å². The van der Waals surface area contributed by atoms with Crippen LogP contribution in [-0.2, 0) is 0 Å². The van der Waals surface area contributed by atoms with Gasteiger partial charge in [0.2, 0.25) is 0 Å². The molecule has 1 aromatic carbocycles. The van der Waals surface area contributed by atoms with Gasteiger partial charge < -0.3 is 11.1 Å². The third-order valence-electron chi connectivity index (χ3n) is 3.20. The van der Waals surface area contributed by atoms with Gasteiger partial charge in [0.25, 0.3) is 0 Å². The molecule has 0 saturated heterocycles. The first-order chi connectivity index (χ1) is 8.20. The predicted molar refractivity (Wildman–Crippen MR) is 70.0 cm³/mol. The number of hydrogen-bond acceptors (Lipinski definition) is 2. The van der Waals surface area contributed by atoms with E-state index in [4.69, 9.17) is 5.73 Å². The summed E-state index contributed by atoms with van der Waals surface area (Å²) in [4.78, 5) is 13.8. The normalized spacial score (nSPS) is 15.1. The van der Waals surface area contributed by atoms with Crippen LogP contribution in [0.15, 0.2) is 24.3 Å². The quantitative estimate of drug-likeness (QED) is 0.787.